The molecule has 0 saturated carbocycles. The van der Waals surface area contributed by atoms with E-state index in [9.17, 15) is 4.79 Å². The lowest BCUT2D eigenvalue weighted by Gasteiger charge is -2.17. The Labute approximate surface area is 145 Å². The molecule has 0 spiro atoms. The second-order valence-electron chi connectivity index (χ2n) is 5.35. The van der Waals surface area contributed by atoms with Crippen molar-refractivity contribution in [1.29, 1.82) is 0 Å². The van der Waals surface area contributed by atoms with Gasteiger partial charge in [-0.2, -0.15) is 0 Å². The zero-order valence-electron chi connectivity index (χ0n) is 13.6. The fourth-order valence-corrected chi connectivity index (χ4v) is 3.18. The van der Waals surface area contributed by atoms with Gasteiger partial charge >= 0.3 is 0 Å². The zero-order chi connectivity index (χ0) is 16.9. The van der Waals surface area contributed by atoms with Gasteiger partial charge in [-0.05, 0) is 30.7 Å². The summed E-state index contributed by atoms with van der Waals surface area (Å²) >= 11 is 1.39. The van der Waals surface area contributed by atoms with Crippen LogP contribution in [0.2, 0.25) is 0 Å². The molecule has 6 heteroatoms. The molecular formula is C18H18N4OS. The van der Waals surface area contributed by atoms with Crippen LogP contribution < -0.4 is 4.90 Å². The minimum atomic E-state index is 0.0190. The van der Waals surface area contributed by atoms with Crippen molar-refractivity contribution < 1.29 is 4.79 Å². The highest BCUT2D eigenvalue weighted by Crippen LogP contribution is 2.22. The minimum Gasteiger partial charge on any atom is -0.315 e. The number of amides is 1. The molecule has 0 saturated heterocycles. The van der Waals surface area contributed by atoms with Crippen LogP contribution in [0.3, 0.4) is 0 Å². The van der Waals surface area contributed by atoms with Gasteiger partial charge in [0.25, 0.3) is 0 Å². The lowest BCUT2D eigenvalue weighted by molar-refractivity contribution is -0.115. The topological polar surface area (TPSA) is 51.0 Å². The quantitative estimate of drug-likeness (QED) is 0.670. The molecule has 0 bridgehead atoms. The number of carbonyl (C=O) groups excluding carboxylic acids is 1. The fourth-order valence-electron chi connectivity index (χ4n) is 2.34. The number of benzene rings is 2. The lowest BCUT2D eigenvalue weighted by Crippen LogP contribution is -2.27. The highest BCUT2D eigenvalue weighted by Gasteiger charge is 2.14. The summed E-state index contributed by atoms with van der Waals surface area (Å²) in [7, 11) is 1.78. The molecule has 122 valence electrons. The number of carbonyl (C=O) groups is 1. The number of anilines is 1. The Kier molecular flexibility index (Phi) is 4.96. The van der Waals surface area contributed by atoms with Crippen molar-refractivity contribution in [2.45, 2.75) is 12.1 Å². The average Bonchev–Trinajstić information content (AvgIpc) is 3.08. The number of rotatable bonds is 5. The average molecular weight is 338 g/mol. The van der Waals surface area contributed by atoms with Gasteiger partial charge in [-0.15, -0.1) is 10.2 Å². The van der Waals surface area contributed by atoms with Gasteiger partial charge in [0, 0.05) is 12.7 Å². The summed E-state index contributed by atoms with van der Waals surface area (Å²) in [6, 6.07) is 17.6. The van der Waals surface area contributed by atoms with E-state index >= 15 is 0 Å². The molecule has 0 aliphatic rings. The molecule has 3 rings (SSSR count). The van der Waals surface area contributed by atoms with E-state index in [0.717, 1.165) is 16.9 Å². The van der Waals surface area contributed by atoms with Gasteiger partial charge in [-0.3, -0.25) is 9.36 Å². The molecule has 0 aliphatic carbocycles. The van der Waals surface area contributed by atoms with Crippen molar-refractivity contribution >= 4 is 23.4 Å². The maximum absolute atomic E-state index is 12.4. The van der Waals surface area contributed by atoms with E-state index in [2.05, 4.69) is 10.2 Å². The molecule has 1 heterocycles. The monoisotopic (exact) mass is 338 g/mol. The van der Waals surface area contributed by atoms with Crippen molar-refractivity contribution in [1.82, 2.24) is 14.8 Å². The first kappa shape index (κ1) is 16.3. The van der Waals surface area contributed by atoms with Gasteiger partial charge in [0.1, 0.15) is 6.33 Å². The van der Waals surface area contributed by atoms with Crippen LogP contribution in [0.15, 0.2) is 66.1 Å². The van der Waals surface area contributed by atoms with Gasteiger partial charge in [0.2, 0.25) is 5.91 Å². The predicted molar refractivity (Wildman–Crippen MR) is 96.7 cm³/mol. The third kappa shape index (κ3) is 3.49. The van der Waals surface area contributed by atoms with Crippen molar-refractivity contribution in [3.05, 3.63) is 66.5 Å². The Morgan fingerprint density at radius 1 is 1.12 bits per heavy atom. The molecular weight excluding hydrogens is 320 g/mol. The third-order valence-electron chi connectivity index (χ3n) is 3.73. The number of hydrogen-bond acceptors (Lipinski definition) is 4. The van der Waals surface area contributed by atoms with E-state index in [1.807, 2.05) is 66.1 Å². The van der Waals surface area contributed by atoms with Crippen molar-refractivity contribution in [3.63, 3.8) is 0 Å². The summed E-state index contributed by atoms with van der Waals surface area (Å²) in [6.45, 7) is 2.04. The maximum Gasteiger partial charge on any atom is 0.237 e. The summed E-state index contributed by atoms with van der Waals surface area (Å²) in [4.78, 5) is 14.1. The number of aromatic nitrogens is 3. The molecule has 1 aromatic heterocycles. The highest BCUT2D eigenvalue weighted by molar-refractivity contribution is 7.99. The van der Waals surface area contributed by atoms with Gasteiger partial charge in [-0.25, -0.2) is 0 Å². The molecule has 0 N–H and O–H groups in total. The Balaban J connectivity index is 1.71. The number of hydrogen-bond donors (Lipinski definition) is 0. The molecule has 0 fully saturated rings. The molecule has 3 aromatic rings. The van der Waals surface area contributed by atoms with Crippen LogP contribution in [0, 0.1) is 6.92 Å². The number of thioether (sulfide) groups is 1. The summed E-state index contributed by atoms with van der Waals surface area (Å²) in [5.41, 5.74) is 3.03. The van der Waals surface area contributed by atoms with Gasteiger partial charge < -0.3 is 4.90 Å². The van der Waals surface area contributed by atoms with Gasteiger partial charge in [0.05, 0.1) is 11.4 Å². The van der Waals surface area contributed by atoms with E-state index < -0.39 is 0 Å². The summed E-state index contributed by atoms with van der Waals surface area (Å²) in [5, 5.41) is 8.84. The normalized spacial score (nSPS) is 10.6. The molecule has 2 aromatic carbocycles. The first-order chi connectivity index (χ1) is 11.7. The summed E-state index contributed by atoms with van der Waals surface area (Å²) in [6.07, 6.45) is 1.68. The molecule has 0 unspecified atom stereocenters. The highest BCUT2D eigenvalue weighted by atomic mass is 32.2. The summed E-state index contributed by atoms with van der Waals surface area (Å²) in [5.74, 6) is 0.321. The molecule has 5 nitrogen and oxygen atoms in total. The second kappa shape index (κ2) is 7.31. The smallest absolute Gasteiger partial charge is 0.237 e. The van der Waals surface area contributed by atoms with Gasteiger partial charge in [0.15, 0.2) is 5.16 Å². The fraction of sp³-hybridized carbons (Fsp3) is 0.167. The van der Waals surface area contributed by atoms with Crippen molar-refractivity contribution in [3.8, 4) is 5.69 Å². The number of nitrogens with zero attached hydrogens (tertiary/aromatic N) is 4. The minimum absolute atomic E-state index is 0.0190. The SMILES string of the molecule is Cc1ccccc1-n1cnnc1SCC(=O)N(C)c1ccccc1. The molecule has 0 atom stereocenters. The second-order valence-corrected chi connectivity index (χ2v) is 6.29. The molecule has 24 heavy (non-hydrogen) atoms. The van der Waals surface area contributed by atoms with Crippen LogP contribution in [-0.2, 0) is 4.79 Å². The van der Waals surface area contributed by atoms with Gasteiger partial charge in [-0.1, -0.05) is 48.2 Å². The van der Waals surface area contributed by atoms with E-state index in [1.165, 1.54) is 11.8 Å². The first-order valence-electron chi connectivity index (χ1n) is 7.57. The van der Waals surface area contributed by atoms with Crippen molar-refractivity contribution in [2.24, 2.45) is 0 Å². The molecule has 1 amide bonds. The van der Waals surface area contributed by atoms with Crippen LogP contribution in [0.1, 0.15) is 5.56 Å². The largest absolute Gasteiger partial charge is 0.315 e. The Morgan fingerprint density at radius 2 is 1.83 bits per heavy atom. The first-order valence-corrected chi connectivity index (χ1v) is 8.56. The zero-order valence-corrected chi connectivity index (χ0v) is 14.4. The predicted octanol–water partition coefficient (Wildman–Crippen LogP) is 3.33. The van der Waals surface area contributed by atoms with E-state index in [0.29, 0.717) is 10.9 Å². The summed E-state index contributed by atoms with van der Waals surface area (Å²) < 4.78 is 1.91. The Hall–Kier alpha value is -2.60. The molecule has 0 radical (unpaired) electrons. The van der Waals surface area contributed by atoms with Crippen LogP contribution in [0.4, 0.5) is 5.69 Å². The molecule has 0 aliphatic heterocycles. The van der Waals surface area contributed by atoms with E-state index in [4.69, 9.17) is 0 Å². The van der Waals surface area contributed by atoms with Crippen LogP contribution in [0.25, 0.3) is 5.69 Å². The van der Waals surface area contributed by atoms with E-state index in [1.54, 1.807) is 18.3 Å². The number of para-hydroxylation sites is 2. The van der Waals surface area contributed by atoms with Crippen LogP contribution >= 0.6 is 11.8 Å². The Bertz CT molecular complexity index is 832. The Morgan fingerprint density at radius 3 is 2.58 bits per heavy atom. The maximum atomic E-state index is 12.4. The van der Waals surface area contributed by atoms with Crippen LogP contribution in [0.5, 0.6) is 0 Å². The van der Waals surface area contributed by atoms with Crippen LogP contribution in [-0.4, -0.2) is 33.5 Å². The third-order valence-corrected chi connectivity index (χ3v) is 4.66. The van der Waals surface area contributed by atoms with E-state index in [-0.39, 0.29) is 5.91 Å². The lowest BCUT2D eigenvalue weighted by atomic mass is 10.2. The number of aryl methyl sites for hydroxylation is 1. The standard InChI is InChI=1S/C18H18N4OS/c1-14-8-6-7-11-16(14)22-13-19-20-18(22)24-12-17(23)21(2)15-9-4-3-5-10-15/h3-11,13H,12H2,1-2H3. The van der Waals surface area contributed by atoms with Crippen molar-refractivity contribution in [2.75, 3.05) is 17.7 Å².